The van der Waals surface area contributed by atoms with Crippen LogP contribution in [0.2, 0.25) is 0 Å². The number of aryl methyl sites for hydroxylation is 3. The fourth-order valence-corrected chi connectivity index (χ4v) is 3.80. The zero-order valence-corrected chi connectivity index (χ0v) is 17.0. The van der Waals surface area contributed by atoms with Crippen molar-refractivity contribution in [1.29, 1.82) is 0 Å². The van der Waals surface area contributed by atoms with Crippen LogP contribution in [-0.2, 0) is 33.6 Å². The summed E-state index contributed by atoms with van der Waals surface area (Å²) in [4.78, 5) is 24.1. The number of fused-ring (bicyclic) bond motifs is 3. The molecule has 0 aliphatic heterocycles. The van der Waals surface area contributed by atoms with Crippen LogP contribution in [0.5, 0.6) is 5.75 Å². The quantitative estimate of drug-likeness (QED) is 0.586. The number of benzene rings is 2. The van der Waals surface area contributed by atoms with Crippen LogP contribution in [0.25, 0.3) is 11.0 Å². The predicted octanol–water partition coefficient (Wildman–Crippen LogP) is 4.43. The third kappa shape index (κ3) is 4.48. The van der Waals surface area contributed by atoms with Gasteiger partial charge in [0.15, 0.2) is 13.2 Å². The molecule has 30 heavy (non-hydrogen) atoms. The summed E-state index contributed by atoms with van der Waals surface area (Å²) >= 11 is 0. The number of amides is 1. The Labute approximate surface area is 175 Å². The van der Waals surface area contributed by atoms with Crippen molar-refractivity contribution in [3.8, 4) is 5.75 Å². The summed E-state index contributed by atoms with van der Waals surface area (Å²) in [7, 11) is 0. The number of furan rings is 1. The van der Waals surface area contributed by atoms with Crippen molar-refractivity contribution in [1.82, 2.24) is 0 Å². The molecular formula is C24H25NO5. The Hall–Kier alpha value is -3.28. The second kappa shape index (κ2) is 9.03. The number of ether oxygens (including phenoxy) is 2. The number of para-hydroxylation sites is 1. The highest BCUT2D eigenvalue weighted by atomic mass is 16.6. The van der Waals surface area contributed by atoms with Gasteiger partial charge in [-0.1, -0.05) is 25.1 Å². The van der Waals surface area contributed by atoms with Crippen LogP contribution < -0.4 is 10.1 Å². The monoisotopic (exact) mass is 407 g/mol. The first-order valence-electron chi connectivity index (χ1n) is 10.3. The summed E-state index contributed by atoms with van der Waals surface area (Å²) in [6.45, 7) is 1.40. The zero-order valence-electron chi connectivity index (χ0n) is 17.0. The maximum absolute atomic E-state index is 12.1. The number of nitrogens with one attached hydrogen (secondary N) is 1. The molecule has 0 bridgehead atoms. The van der Waals surface area contributed by atoms with Gasteiger partial charge in [0, 0.05) is 23.1 Å². The lowest BCUT2D eigenvalue weighted by Crippen LogP contribution is -2.24. The number of esters is 1. The number of rotatable bonds is 7. The van der Waals surface area contributed by atoms with Crippen molar-refractivity contribution in [2.24, 2.45) is 0 Å². The molecule has 1 aliphatic rings. The van der Waals surface area contributed by atoms with Crippen molar-refractivity contribution in [3.63, 3.8) is 0 Å². The molecule has 4 rings (SSSR count). The molecule has 0 spiro atoms. The van der Waals surface area contributed by atoms with E-state index in [0.29, 0.717) is 5.75 Å². The van der Waals surface area contributed by atoms with Gasteiger partial charge in [-0.2, -0.15) is 0 Å². The lowest BCUT2D eigenvalue weighted by molar-refractivity contribution is -0.149. The third-order valence-electron chi connectivity index (χ3n) is 5.32. The molecule has 1 aromatic heterocycles. The number of anilines is 1. The molecule has 1 aliphatic carbocycles. The summed E-state index contributed by atoms with van der Waals surface area (Å²) in [6.07, 6.45) is 5.08. The van der Waals surface area contributed by atoms with E-state index in [1.807, 2.05) is 43.3 Å². The molecule has 1 N–H and O–H groups in total. The molecule has 0 saturated carbocycles. The highest BCUT2D eigenvalue weighted by molar-refractivity contribution is 5.93. The van der Waals surface area contributed by atoms with E-state index in [2.05, 4.69) is 5.32 Å². The van der Waals surface area contributed by atoms with E-state index in [4.69, 9.17) is 13.9 Å². The van der Waals surface area contributed by atoms with E-state index in [-0.39, 0.29) is 19.1 Å². The molecule has 0 unspecified atom stereocenters. The van der Waals surface area contributed by atoms with Gasteiger partial charge in [0.1, 0.15) is 17.1 Å². The Morgan fingerprint density at radius 2 is 1.90 bits per heavy atom. The van der Waals surface area contributed by atoms with Crippen molar-refractivity contribution >= 4 is 28.5 Å². The smallest absolute Gasteiger partial charge is 0.344 e. The van der Waals surface area contributed by atoms with Gasteiger partial charge in [-0.3, -0.25) is 4.79 Å². The summed E-state index contributed by atoms with van der Waals surface area (Å²) < 4.78 is 16.5. The van der Waals surface area contributed by atoms with Crippen LogP contribution in [0.4, 0.5) is 5.69 Å². The molecule has 6 nitrogen and oxygen atoms in total. The van der Waals surface area contributed by atoms with Crippen LogP contribution in [0.1, 0.15) is 36.7 Å². The van der Waals surface area contributed by atoms with Gasteiger partial charge >= 0.3 is 5.97 Å². The Bertz CT molecular complexity index is 1070. The van der Waals surface area contributed by atoms with Gasteiger partial charge in [-0.05, 0) is 55.5 Å². The molecule has 1 heterocycles. The summed E-state index contributed by atoms with van der Waals surface area (Å²) in [6, 6.07) is 13.1. The highest BCUT2D eigenvalue weighted by Crippen LogP contribution is 2.33. The Morgan fingerprint density at radius 3 is 2.77 bits per heavy atom. The Morgan fingerprint density at radius 1 is 1.07 bits per heavy atom. The first-order valence-corrected chi connectivity index (χ1v) is 10.3. The van der Waals surface area contributed by atoms with Gasteiger partial charge in [0.05, 0.1) is 0 Å². The minimum atomic E-state index is -0.594. The van der Waals surface area contributed by atoms with E-state index in [1.54, 1.807) is 6.07 Å². The average Bonchev–Trinajstić information content (AvgIpc) is 3.14. The molecule has 1 amide bonds. The standard InChI is InChI=1S/C24H25NO5/c1-2-16-7-3-5-9-20(16)25-23(26)14-29-24(27)15-28-17-11-12-22-19(13-17)18-8-4-6-10-21(18)30-22/h3,5,7,9,11-13H,2,4,6,8,10,14-15H2,1H3,(H,25,26). The number of hydrogen-bond acceptors (Lipinski definition) is 5. The van der Waals surface area contributed by atoms with Gasteiger partial charge in [-0.15, -0.1) is 0 Å². The average molecular weight is 407 g/mol. The largest absolute Gasteiger partial charge is 0.482 e. The van der Waals surface area contributed by atoms with E-state index in [9.17, 15) is 9.59 Å². The van der Waals surface area contributed by atoms with Crippen LogP contribution in [0, 0.1) is 0 Å². The van der Waals surface area contributed by atoms with Crippen LogP contribution in [0.15, 0.2) is 46.9 Å². The first kappa shape index (κ1) is 20.0. The van der Waals surface area contributed by atoms with E-state index in [1.165, 1.54) is 5.56 Å². The summed E-state index contributed by atoms with van der Waals surface area (Å²) in [5.74, 6) is 0.664. The number of carbonyl (C=O) groups excluding carboxylic acids is 2. The van der Waals surface area contributed by atoms with Gasteiger partial charge < -0.3 is 19.2 Å². The molecule has 0 fully saturated rings. The molecule has 2 aromatic carbocycles. The van der Waals surface area contributed by atoms with Crippen LogP contribution in [-0.4, -0.2) is 25.1 Å². The normalized spacial score (nSPS) is 13.0. The van der Waals surface area contributed by atoms with Gasteiger partial charge in [0.2, 0.25) is 0 Å². The minimum absolute atomic E-state index is 0.260. The molecule has 156 valence electrons. The first-order chi connectivity index (χ1) is 14.6. The number of hydrogen-bond donors (Lipinski definition) is 1. The van der Waals surface area contributed by atoms with E-state index in [0.717, 1.165) is 60.1 Å². The van der Waals surface area contributed by atoms with Crippen LogP contribution in [0.3, 0.4) is 0 Å². The van der Waals surface area contributed by atoms with E-state index < -0.39 is 5.97 Å². The van der Waals surface area contributed by atoms with Gasteiger partial charge in [0.25, 0.3) is 5.91 Å². The number of carbonyl (C=O) groups is 2. The Balaban J connectivity index is 1.29. The second-order valence-electron chi connectivity index (χ2n) is 7.38. The molecule has 0 radical (unpaired) electrons. The van der Waals surface area contributed by atoms with Crippen molar-refractivity contribution in [2.75, 3.05) is 18.5 Å². The van der Waals surface area contributed by atoms with Crippen molar-refractivity contribution < 1.29 is 23.5 Å². The Kier molecular flexibility index (Phi) is 6.02. The fraction of sp³-hybridized carbons (Fsp3) is 0.333. The summed E-state index contributed by atoms with van der Waals surface area (Å²) in [5.41, 5.74) is 3.85. The fourth-order valence-electron chi connectivity index (χ4n) is 3.80. The van der Waals surface area contributed by atoms with Crippen molar-refractivity contribution in [3.05, 3.63) is 59.4 Å². The summed E-state index contributed by atoms with van der Waals surface area (Å²) in [5, 5.41) is 3.82. The molecule has 6 heteroatoms. The molecule has 0 atom stereocenters. The molecule has 0 saturated heterocycles. The lowest BCUT2D eigenvalue weighted by atomic mass is 9.96. The lowest BCUT2D eigenvalue weighted by Gasteiger charge is -2.11. The van der Waals surface area contributed by atoms with Crippen molar-refractivity contribution in [2.45, 2.75) is 39.0 Å². The SMILES string of the molecule is CCc1ccccc1NC(=O)COC(=O)COc1ccc2oc3c(c2c1)CCCC3. The molecule has 3 aromatic rings. The predicted molar refractivity (Wildman–Crippen MR) is 114 cm³/mol. The highest BCUT2D eigenvalue weighted by Gasteiger charge is 2.18. The third-order valence-corrected chi connectivity index (χ3v) is 5.32. The van der Waals surface area contributed by atoms with E-state index >= 15 is 0 Å². The van der Waals surface area contributed by atoms with Gasteiger partial charge in [-0.25, -0.2) is 4.79 Å². The van der Waals surface area contributed by atoms with Crippen LogP contribution >= 0.6 is 0 Å². The second-order valence-corrected chi connectivity index (χ2v) is 7.38. The zero-order chi connectivity index (χ0) is 20.9. The maximum Gasteiger partial charge on any atom is 0.344 e. The topological polar surface area (TPSA) is 77.8 Å². The minimum Gasteiger partial charge on any atom is -0.482 e. The maximum atomic E-state index is 12.1. The molecular weight excluding hydrogens is 382 g/mol.